The van der Waals surface area contributed by atoms with Crippen LogP contribution in [0.4, 0.5) is 10.5 Å². The lowest BCUT2D eigenvalue weighted by Crippen LogP contribution is -2.37. The number of hydrogen-bond acceptors (Lipinski definition) is 3. The van der Waals surface area contributed by atoms with E-state index < -0.39 is 6.03 Å². The molecule has 0 saturated heterocycles. The van der Waals surface area contributed by atoms with Crippen LogP contribution in [-0.2, 0) is 4.79 Å². The Morgan fingerprint density at radius 3 is 2.57 bits per heavy atom. The van der Waals surface area contributed by atoms with Crippen LogP contribution < -0.4 is 20.7 Å². The van der Waals surface area contributed by atoms with Gasteiger partial charge in [-0.1, -0.05) is 29.8 Å². The Kier molecular flexibility index (Phi) is 5.82. The molecule has 6 nitrogen and oxygen atoms in total. The molecule has 0 radical (unpaired) electrons. The molecule has 0 aliphatic rings. The molecule has 2 aromatic carbocycles. The maximum Gasteiger partial charge on any atom is 0.319 e. The van der Waals surface area contributed by atoms with Gasteiger partial charge in [0.2, 0.25) is 5.91 Å². The van der Waals surface area contributed by atoms with Gasteiger partial charge in [0.15, 0.2) is 5.75 Å². The maximum absolute atomic E-state index is 11.8. The van der Waals surface area contributed by atoms with Crippen molar-refractivity contribution in [3.63, 3.8) is 0 Å². The van der Waals surface area contributed by atoms with Gasteiger partial charge in [-0.15, -0.1) is 0 Å². The molecule has 3 amide bonds. The second-order valence-electron chi connectivity index (χ2n) is 4.54. The molecule has 0 bridgehead atoms. The van der Waals surface area contributed by atoms with E-state index in [0.717, 1.165) is 0 Å². The zero-order valence-electron chi connectivity index (χ0n) is 12.4. The van der Waals surface area contributed by atoms with Gasteiger partial charge in [0.1, 0.15) is 5.75 Å². The van der Waals surface area contributed by atoms with Crippen LogP contribution in [0.15, 0.2) is 48.5 Å². The molecule has 0 heterocycles. The third kappa shape index (κ3) is 5.19. The Morgan fingerprint density at radius 2 is 1.87 bits per heavy atom. The van der Waals surface area contributed by atoms with Gasteiger partial charge in [-0.25, -0.2) is 4.79 Å². The number of carbonyl (C=O) groups is 2. The summed E-state index contributed by atoms with van der Waals surface area (Å²) in [5.41, 5.74) is 0.399. The average Bonchev–Trinajstić information content (AvgIpc) is 2.56. The van der Waals surface area contributed by atoms with Crippen LogP contribution in [-0.4, -0.2) is 25.5 Å². The van der Waals surface area contributed by atoms with Crippen molar-refractivity contribution in [3.8, 4) is 11.5 Å². The van der Waals surface area contributed by atoms with Crippen molar-refractivity contribution in [1.29, 1.82) is 0 Å². The van der Waals surface area contributed by atoms with E-state index in [1.54, 1.807) is 30.3 Å². The Balaban J connectivity index is 2.09. The van der Waals surface area contributed by atoms with Gasteiger partial charge in [-0.3, -0.25) is 4.79 Å². The van der Waals surface area contributed by atoms with E-state index in [4.69, 9.17) is 16.3 Å². The van der Waals surface area contributed by atoms with Crippen molar-refractivity contribution in [2.24, 2.45) is 0 Å². The second-order valence-corrected chi connectivity index (χ2v) is 4.97. The maximum atomic E-state index is 11.8. The van der Waals surface area contributed by atoms with Gasteiger partial charge in [0, 0.05) is 12.1 Å². The van der Waals surface area contributed by atoms with Gasteiger partial charge in [-0.05, 0) is 30.3 Å². The molecular weight excluding hydrogens is 318 g/mol. The van der Waals surface area contributed by atoms with Gasteiger partial charge in [-0.2, -0.15) is 0 Å². The minimum absolute atomic E-state index is 0.127. The number of para-hydroxylation sites is 1. The lowest BCUT2D eigenvalue weighted by molar-refractivity contribution is -0.119. The van der Waals surface area contributed by atoms with Crippen molar-refractivity contribution < 1.29 is 14.3 Å². The minimum atomic E-state index is -0.534. The number of anilines is 1. The van der Waals surface area contributed by atoms with Crippen molar-refractivity contribution in [3.05, 3.63) is 53.6 Å². The lowest BCUT2D eigenvalue weighted by Gasteiger charge is -2.13. The van der Waals surface area contributed by atoms with Crippen LogP contribution in [0.3, 0.4) is 0 Å². The second kappa shape index (κ2) is 8.05. The Labute approximate surface area is 138 Å². The number of hydrogen-bond donors (Lipinski definition) is 3. The monoisotopic (exact) mass is 333 g/mol. The molecule has 0 aliphatic heterocycles. The summed E-state index contributed by atoms with van der Waals surface area (Å²) in [5.74, 6) is 0.770. The van der Waals surface area contributed by atoms with Crippen LogP contribution >= 0.6 is 11.6 Å². The largest absolute Gasteiger partial charge is 0.455 e. The number of benzene rings is 2. The zero-order valence-corrected chi connectivity index (χ0v) is 13.2. The number of carbonyl (C=O) groups excluding carboxylic acids is 2. The number of amides is 3. The van der Waals surface area contributed by atoms with Crippen LogP contribution in [0.2, 0.25) is 5.02 Å². The molecule has 0 atom stereocenters. The summed E-state index contributed by atoms with van der Waals surface area (Å²) >= 11 is 5.96. The lowest BCUT2D eigenvalue weighted by atomic mass is 10.3. The summed E-state index contributed by atoms with van der Waals surface area (Å²) in [6.07, 6.45) is 0. The van der Waals surface area contributed by atoms with Gasteiger partial charge in [0.05, 0.1) is 12.2 Å². The molecule has 0 aliphatic carbocycles. The van der Waals surface area contributed by atoms with Crippen LogP contribution in [0.1, 0.15) is 0 Å². The van der Waals surface area contributed by atoms with E-state index >= 15 is 0 Å². The molecule has 0 unspecified atom stereocenters. The fourth-order valence-electron chi connectivity index (χ4n) is 1.72. The van der Waals surface area contributed by atoms with E-state index in [2.05, 4.69) is 16.0 Å². The van der Waals surface area contributed by atoms with E-state index in [9.17, 15) is 9.59 Å². The summed E-state index contributed by atoms with van der Waals surface area (Å²) in [5, 5.41) is 7.90. The molecule has 23 heavy (non-hydrogen) atoms. The first-order valence-corrected chi connectivity index (χ1v) is 7.24. The number of nitrogens with one attached hydrogen (secondary N) is 3. The fraction of sp³-hybridized carbons (Fsp3) is 0.125. The standard InChI is InChI=1S/C16H16ClN3O3/c1-18-15(21)10-19-16(22)20-13-9-11(17)7-8-14(13)23-12-5-3-2-4-6-12/h2-9H,10H2,1H3,(H,18,21)(H2,19,20,22). The van der Waals surface area contributed by atoms with Gasteiger partial charge < -0.3 is 20.7 Å². The predicted molar refractivity (Wildman–Crippen MR) is 89.1 cm³/mol. The van der Waals surface area contributed by atoms with E-state index in [1.807, 2.05) is 18.2 Å². The summed E-state index contributed by atoms with van der Waals surface area (Å²) in [6, 6.07) is 13.5. The Morgan fingerprint density at radius 1 is 1.13 bits per heavy atom. The van der Waals surface area contributed by atoms with E-state index in [0.29, 0.717) is 22.2 Å². The summed E-state index contributed by atoms with van der Waals surface area (Å²) in [4.78, 5) is 23.0. The molecule has 2 aromatic rings. The van der Waals surface area contributed by atoms with Gasteiger partial charge >= 0.3 is 6.03 Å². The highest BCUT2D eigenvalue weighted by Gasteiger charge is 2.10. The third-order valence-electron chi connectivity index (χ3n) is 2.85. The number of urea groups is 1. The van der Waals surface area contributed by atoms with Crippen molar-refractivity contribution in [1.82, 2.24) is 10.6 Å². The molecule has 2 rings (SSSR count). The zero-order chi connectivity index (χ0) is 16.7. The normalized spacial score (nSPS) is 9.83. The molecule has 0 saturated carbocycles. The molecular formula is C16H16ClN3O3. The summed E-state index contributed by atoms with van der Waals surface area (Å²) in [6.45, 7) is -0.127. The molecule has 3 N–H and O–H groups in total. The van der Waals surface area contributed by atoms with Crippen molar-refractivity contribution in [2.45, 2.75) is 0 Å². The Hall–Kier alpha value is -2.73. The van der Waals surface area contributed by atoms with Crippen LogP contribution in [0, 0.1) is 0 Å². The van der Waals surface area contributed by atoms with Crippen LogP contribution in [0.5, 0.6) is 11.5 Å². The highest BCUT2D eigenvalue weighted by molar-refractivity contribution is 6.31. The quantitative estimate of drug-likeness (QED) is 0.787. The van der Waals surface area contributed by atoms with Crippen LogP contribution in [0.25, 0.3) is 0 Å². The molecule has 0 spiro atoms. The minimum Gasteiger partial charge on any atom is -0.455 e. The topological polar surface area (TPSA) is 79.5 Å². The molecule has 0 fully saturated rings. The number of rotatable bonds is 5. The summed E-state index contributed by atoms with van der Waals surface area (Å²) in [7, 11) is 1.49. The van der Waals surface area contributed by atoms with Crippen molar-refractivity contribution in [2.75, 3.05) is 18.9 Å². The van der Waals surface area contributed by atoms with Crippen molar-refractivity contribution >= 4 is 29.2 Å². The first kappa shape index (κ1) is 16.6. The number of likely N-dealkylation sites (N-methyl/N-ethyl adjacent to an activating group) is 1. The first-order chi connectivity index (χ1) is 11.1. The SMILES string of the molecule is CNC(=O)CNC(=O)Nc1cc(Cl)ccc1Oc1ccccc1. The number of ether oxygens (including phenoxy) is 1. The highest BCUT2D eigenvalue weighted by Crippen LogP contribution is 2.31. The van der Waals surface area contributed by atoms with E-state index in [-0.39, 0.29) is 12.5 Å². The molecule has 7 heteroatoms. The average molecular weight is 334 g/mol. The van der Waals surface area contributed by atoms with Gasteiger partial charge in [0.25, 0.3) is 0 Å². The molecule has 120 valence electrons. The Bertz CT molecular complexity index is 692. The highest BCUT2D eigenvalue weighted by atomic mass is 35.5. The predicted octanol–water partition coefficient (Wildman–Crippen LogP) is 3.00. The summed E-state index contributed by atoms with van der Waals surface area (Å²) < 4.78 is 5.73. The third-order valence-corrected chi connectivity index (χ3v) is 3.08. The van der Waals surface area contributed by atoms with E-state index in [1.165, 1.54) is 7.05 Å². The first-order valence-electron chi connectivity index (χ1n) is 6.86. The fourth-order valence-corrected chi connectivity index (χ4v) is 1.89. The molecule has 0 aromatic heterocycles. The smallest absolute Gasteiger partial charge is 0.319 e. The number of halogens is 1.